The van der Waals surface area contributed by atoms with Crippen LogP contribution in [-0.4, -0.2) is 25.4 Å². The number of carbonyl (C=O) groups is 1. The van der Waals surface area contributed by atoms with Crippen LogP contribution in [-0.2, 0) is 0 Å². The van der Waals surface area contributed by atoms with E-state index in [1.54, 1.807) is 49.6 Å². The fourth-order valence-corrected chi connectivity index (χ4v) is 3.21. The minimum Gasteiger partial charge on any atom is -0.466 e. The van der Waals surface area contributed by atoms with Crippen molar-refractivity contribution >= 4 is 11.6 Å². The number of nitrogens with one attached hydrogen (secondary N) is 1. The summed E-state index contributed by atoms with van der Waals surface area (Å²) in [6, 6.07) is 10.6. The van der Waals surface area contributed by atoms with Gasteiger partial charge < -0.3 is 14.5 Å². The molecule has 8 nitrogen and oxygen atoms in total. The Labute approximate surface area is 179 Å². The molecule has 0 unspecified atom stereocenters. The molecule has 0 fully saturated rings. The van der Waals surface area contributed by atoms with E-state index >= 15 is 0 Å². The standard InChI is InChI=1S/C23H23N5O3/c1-13-10-20(16(4)30-13)23(29)27-18-6-8-19(9-7-18)31-22-11-21(25-17(5)26-22)28-12-24-14(2)15(28)3/h6-12H,1-5H3,(H,27,29). The number of imidazole rings is 1. The van der Waals surface area contributed by atoms with Crippen LogP contribution >= 0.6 is 0 Å². The highest BCUT2D eigenvalue weighted by molar-refractivity contribution is 6.05. The molecule has 0 aliphatic rings. The van der Waals surface area contributed by atoms with Crippen molar-refractivity contribution in [3.63, 3.8) is 0 Å². The number of amides is 1. The van der Waals surface area contributed by atoms with Gasteiger partial charge in [-0.15, -0.1) is 0 Å². The number of hydrogen-bond donors (Lipinski definition) is 1. The lowest BCUT2D eigenvalue weighted by molar-refractivity contribution is 0.102. The van der Waals surface area contributed by atoms with E-state index in [4.69, 9.17) is 9.15 Å². The van der Waals surface area contributed by atoms with Crippen LogP contribution in [0.2, 0.25) is 0 Å². The van der Waals surface area contributed by atoms with Crippen LogP contribution in [0.1, 0.15) is 39.1 Å². The van der Waals surface area contributed by atoms with Crippen molar-refractivity contribution in [1.82, 2.24) is 19.5 Å². The van der Waals surface area contributed by atoms with Gasteiger partial charge in [0.1, 0.15) is 35.2 Å². The van der Waals surface area contributed by atoms with Crippen molar-refractivity contribution in [2.45, 2.75) is 34.6 Å². The van der Waals surface area contributed by atoms with Gasteiger partial charge >= 0.3 is 0 Å². The molecule has 0 aliphatic heterocycles. The number of ether oxygens (including phenoxy) is 1. The normalized spacial score (nSPS) is 10.9. The van der Waals surface area contributed by atoms with Gasteiger partial charge in [0, 0.05) is 17.4 Å². The van der Waals surface area contributed by atoms with E-state index in [9.17, 15) is 4.79 Å². The third kappa shape index (κ3) is 4.32. The Hall–Kier alpha value is -3.94. The second-order valence-electron chi connectivity index (χ2n) is 7.30. The number of hydrogen-bond acceptors (Lipinski definition) is 6. The second-order valence-corrected chi connectivity index (χ2v) is 7.30. The van der Waals surface area contributed by atoms with Crippen LogP contribution in [0.15, 0.2) is 47.1 Å². The van der Waals surface area contributed by atoms with Crippen molar-refractivity contribution in [2.75, 3.05) is 5.32 Å². The Kier molecular flexibility index (Phi) is 5.29. The Morgan fingerprint density at radius 1 is 1.03 bits per heavy atom. The maximum Gasteiger partial charge on any atom is 0.259 e. The predicted molar refractivity (Wildman–Crippen MR) is 116 cm³/mol. The predicted octanol–water partition coefficient (Wildman–Crippen LogP) is 4.84. The fraction of sp³-hybridized carbons (Fsp3) is 0.217. The SMILES string of the molecule is Cc1nc(Oc2ccc(NC(=O)c3cc(C)oc3C)cc2)cc(-n2cnc(C)c2C)n1. The minimum atomic E-state index is -0.218. The van der Waals surface area contributed by atoms with Gasteiger partial charge in [0.2, 0.25) is 5.88 Å². The molecule has 31 heavy (non-hydrogen) atoms. The van der Waals surface area contributed by atoms with Crippen molar-refractivity contribution in [3.8, 4) is 17.4 Å². The molecule has 4 rings (SSSR count). The van der Waals surface area contributed by atoms with Gasteiger partial charge in [-0.2, -0.15) is 4.98 Å². The number of rotatable bonds is 5. The van der Waals surface area contributed by atoms with Crippen molar-refractivity contribution < 1.29 is 13.9 Å². The topological polar surface area (TPSA) is 95.1 Å². The highest BCUT2D eigenvalue weighted by atomic mass is 16.5. The van der Waals surface area contributed by atoms with Gasteiger partial charge in [-0.05, 0) is 65.0 Å². The van der Waals surface area contributed by atoms with Crippen LogP contribution in [0.25, 0.3) is 5.82 Å². The first-order chi connectivity index (χ1) is 14.8. The lowest BCUT2D eigenvalue weighted by Crippen LogP contribution is -2.11. The molecule has 0 atom stereocenters. The summed E-state index contributed by atoms with van der Waals surface area (Å²) in [6.45, 7) is 9.33. The summed E-state index contributed by atoms with van der Waals surface area (Å²) in [5.41, 5.74) is 3.12. The maximum absolute atomic E-state index is 12.4. The van der Waals surface area contributed by atoms with Gasteiger partial charge in [-0.3, -0.25) is 9.36 Å². The molecule has 3 heterocycles. The fourth-order valence-electron chi connectivity index (χ4n) is 3.21. The quantitative estimate of drug-likeness (QED) is 0.499. The van der Waals surface area contributed by atoms with Crippen LogP contribution in [0, 0.1) is 34.6 Å². The molecule has 1 aromatic carbocycles. The molecule has 0 bridgehead atoms. The smallest absolute Gasteiger partial charge is 0.259 e. The van der Waals surface area contributed by atoms with Gasteiger partial charge in [0.15, 0.2) is 0 Å². The zero-order valence-corrected chi connectivity index (χ0v) is 18.1. The van der Waals surface area contributed by atoms with Crippen LogP contribution in [0.5, 0.6) is 11.6 Å². The maximum atomic E-state index is 12.4. The summed E-state index contributed by atoms with van der Waals surface area (Å²) in [7, 11) is 0. The Balaban J connectivity index is 1.50. The zero-order chi connectivity index (χ0) is 22.1. The van der Waals surface area contributed by atoms with E-state index in [1.165, 1.54) is 0 Å². The first kappa shape index (κ1) is 20.3. The van der Waals surface area contributed by atoms with Gasteiger partial charge in [-0.25, -0.2) is 9.97 Å². The molecule has 0 saturated heterocycles. The summed E-state index contributed by atoms with van der Waals surface area (Å²) in [5.74, 6) is 3.37. The third-order valence-electron chi connectivity index (χ3n) is 4.92. The lowest BCUT2D eigenvalue weighted by Gasteiger charge is -2.10. The average Bonchev–Trinajstić information content (AvgIpc) is 3.24. The van der Waals surface area contributed by atoms with E-state index < -0.39 is 0 Å². The largest absolute Gasteiger partial charge is 0.466 e. The Morgan fingerprint density at radius 3 is 2.39 bits per heavy atom. The van der Waals surface area contributed by atoms with Crippen molar-refractivity contribution in [1.29, 1.82) is 0 Å². The molecular weight excluding hydrogens is 394 g/mol. The number of furan rings is 1. The number of carbonyl (C=O) groups excluding carboxylic acids is 1. The number of anilines is 1. The lowest BCUT2D eigenvalue weighted by atomic mass is 10.2. The highest BCUT2D eigenvalue weighted by Gasteiger charge is 2.14. The summed E-state index contributed by atoms with van der Waals surface area (Å²) in [6.07, 6.45) is 1.73. The van der Waals surface area contributed by atoms with Crippen molar-refractivity contribution in [2.24, 2.45) is 0 Å². The zero-order valence-electron chi connectivity index (χ0n) is 18.1. The van der Waals surface area contributed by atoms with E-state index in [-0.39, 0.29) is 5.91 Å². The Bertz CT molecular complexity index is 1250. The summed E-state index contributed by atoms with van der Waals surface area (Å²) >= 11 is 0. The second kappa shape index (κ2) is 8.06. The van der Waals surface area contributed by atoms with Gasteiger partial charge in [-0.1, -0.05) is 0 Å². The first-order valence-electron chi connectivity index (χ1n) is 9.83. The molecule has 8 heteroatoms. The number of nitrogens with zero attached hydrogens (tertiary/aromatic N) is 4. The summed E-state index contributed by atoms with van der Waals surface area (Å²) < 4.78 is 13.2. The van der Waals surface area contributed by atoms with Crippen LogP contribution in [0.3, 0.4) is 0 Å². The van der Waals surface area contributed by atoms with E-state index in [0.29, 0.717) is 46.0 Å². The van der Waals surface area contributed by atoms with Crippen LogP contribution < -0.4 is 10.1 Å². The highest BCUT2D eigenvalue weighted by Crippen LogP contribution is 2.24. The number of aromatic nitrogens is 4. The number of aryl methyl sites for hydroxylation is 4. The molecule has 4 aromatic rings. The van der Waals surface area contributed by atoms with E-state index in [0.717, 1.165) is 11.4 Å². The average molecular weight is 417 g/mol. The monoisotopic (exact) mass is 417 g/mol. The van der Waals surface area contributed by atoms with Crippen molar-refractivity contribution in [3.05, 3.63) is 77.0 Å². The first-order valence-corrected chi connectivity index (χ1v) is 9.83. The van der Waals surface area contributed by atoms with Gasteiger partial charge in [0.25, 0.3) is 5.91 Å². The van der Waals surface area contributed by atoms with E-state index in [1.807, 2.05) is 32.3 Å². The molecular formula is C23H23N5O3. The molecule has 1 amide bonds. The molecule has 158 valence electrons. The molecule has 0 spiro atoms. The van der Waals surface area contributed by atoms with Crippen LogP contribution in [0.4, 0.5) is 5.69 Å². The minimum absolute atomic E-state index is 0.218. The molecule has 3 aromatic heterocycles. The molecule has 0 saturated carbocycles. The molecule has 0 radical (unpaired) electrons. The molecule has 0 aliphatic carbocycles. The Morgan fingerprint density at radius 2 is 1.77 bits per heavy atom. The summed E-state index contributed by atoms with van der Waals surface area (Å²) in [5, 5.41) is 2.86. The molecule has 1 N–H and O–H groups in total. The third-order valence-corrected chi connectivity index (χ3v) is 4.92. The van der Waals surface area contributed by atoms with E-state index in [2.05, 4.69) is 20.3 Å². The number of benzene rings is 1. The van der Waals surface area contributed by atoms with Gasteiger partial charge in [0.05, 0.1) is 11.3 Å². The summed E-state index contributed by atoms with van der Waals surface area (Å²) in [4.78, 5) is 25.6.